The van der Waals surface area contributed by atoms with Crippen molar-refractivity contribution in [2.24, 2.45) is 5.92 Å². The first-order chi connectivity index (χ1) is 13.6. The SMILES string of the molecule is CCC(C)(C)NS(=O)(=O)c1ccc(/C=C\c2onc(C)c2NC(=O)C2CC2)cc1. The number of hydrogen-bond acceptors (Lipinski definition) is 5. The van der Waals surface area contributed by atoms with Gasteiger partial charge in [-0.1, -0.05) is 30.3 Å². The molecule has 0 atom stereocenters. The minimum Gasteiger partial charge on any atom is -0.354 e. The van der Waals surface area contributed by atoms with Gasteiger partial charge in [0.25, 0.3) is 0 Å². The number of benzene rings is 1. The fourth-order valence-electron chi connectivity index (χ4n) is 2.65. The van der Waals surface area contributed by atoms with Crippen LogP contribution in [0.3, 0.4) is 0 Å². The summed E-state index contributed by atoms with van der Waals surface area (Å²) in [4.78, 5) is 12.2. The predicted octanol–water partition coefficient (Wildman–Crippen LogP) is 3.97. The van der Waals surface area contributed by atoms with Crippen molar-refractivity contribution in [3.63, 3.8) is 0 Å². The second kappa shape index (κ2) is 8.12. The van der Waals surface area contributed by atoms with Gasteiger partial charge < -0.3 is 9.84 Å². The molecule has 1 heterocycles. The number of anilines is 1. The van der Waals surface area contributed by atoms with Crippen molar-refractivity contribution in [2.45, 2.75) is 57.4 Å². The second-order valence-electron chi connectivity index (χ2n) is 8.02. The van der Waals surface area contributed by atoms with Gasteiger partial charge in [-0.2, -0.15) is 0 Å². The highest BCUT2D eigenvalue weighted by Gasteiger charge is 2.31. The maximum Gasteiger partial charge on any atom is 0.241 e. The molecular formula is C21H27N3O4S. The number of nitrogens with one attached hydrogen (secondary N) is 2. The first kappa shape index (κ1) is 21.3. The van der Waals surface area contributed by atoms with E-state index in [1.165, 1.54) is 0 Å². The molecule has 0 saturated heterocycles. The smallest absolute Gasteiger partial charge is 0.241 e. The molecule has 1 fully saturated rings. The van der Waals surface area contributed by atoms with Gasteiger partial charge in [-0.3, -0.25) is 4.79 Å². The molecule has 2 N–H and O–H groups in total. The molecule has 1 aliphatic rings. The molecule has 1 aliphatic carbocycles. The topological polar surface area (TPSA) is 101 Å². The van der Waals surface area contributed by atoms with Gasteiger partial charge in [0.05, 0.1) is 4.90 Å². The van der Waals surface area contributed by atoms with Crippen LogP contribution >= 0.6 is 0 Å². The van der Waals surface area contributed by atoms with Crippen molar-refractivity contribution in [3.8, 4) is 0 Å². The molecule has 2 aromatic rings. The predicted molar refractivity (Wildman–Crippen MR) is 113 cm³/mol. The normalized spacial score (nSPS) is 15.0. The van der Waals surface area contributed by atoms with E-state index in [0.717, 1.165) is 18.4 Å². The summed E-state index contributed by atoms with van der Waals surface area (Å²) in [5.74, 6) is 0.532. The lowest BCUT2D eigenvalue weighted by Crippen LogP contribution is -2.42. The van der Waals surface area contributed by atoms with Gasteiger partial charge >= 0.3 is 0 Å². The summed E-state index contributed by atoms with van der Waals surface area (Å²) < 4.78 is 33.0. The van der Waals surface area contributed by atoms with Crippen LogP contribution in [0, 0.1) is 12.8 Å². The Morgan fingerprint density at radius 3 is 2.48 bits per heavy atom. The third kappa shape index (κ3) is 5.33. The molecule has 3 rings (SSSR count). The van der Waals surface area contributed by atoms with Gasteiger partial charge in [0, 0.05) is 11.5 Å². The van der Waals surface area contributed by atoms with Crippen LogP contribution in [-0.2, 0) is 14.8 Å². The second-order valence-corrected chi connectivity index (χ2v) is 9.70. The third-order valence-corrected chi connectivity index (χ3v) is 6.71. The molecule has 0 aliphatic heterocycles. The molecular weight excluding hydrogens is 390 g/mol. The monoisotopic (exact) mass is 417 g/mol. The molecule has 1 aromatic carbocycles. The first-order valence-corrected chi connectivity index (χ1v) is 11.2. The van der Waals surface area contributed by atoms with Gasteiger partial charge in [0.1, 0.15) is 11.4 Å². The van der Waals surface area contributed by atoms with Crippen molar-refractivity contribution in [2.75, 3.05) is 5.32 Å². The van der Waals surface area contributed by atoms with E-state index >= 15 is 0 Å². The highest BCUT2D eigenvalue weighted by Crippen LogP contribution is 2.32. The van der Waals surface area contributed by atoms with Crippen molar-refractivity contribution in [1.82, 2.24) is 9.88 Å². The van der Waals surface area contributed by atoms with Crippen molar-refractivity contribution in [3.05, 3.63) is 41.3 Å². The Balaban J connectivity index is 1.73. The Kier molecular flexibility index (Phi) is 5.95. The maximum atomic E-state index is 12.5. The maximum absolute atomic E-state index is 12.5. The van der Waals surface area contributed by atoms with E-state index in [1.54, 1.807) is 43.3 Å². The van der Waals surface area contributed by atoms with Crippen LogP contribution in [0.2, 0.25) is 0 Å². The Morgan fingerprint density at radius 2 is 1.90 bits per heavy atom. The fourth-order valence-corrected chi connectivity index (χ4v) is 4.13. The molecule has 1 saturated carbocycles. The number of aryl methyl sites for hydroxylation is 1. The van der Waals surface area contributed by atoms with Gasteiger partial charge in [-0.15, -0.1) is 0 Å². The van der Waals surface area contributed by atoms with E-state index in [1.807, 2.05) is 20.8 Å². The standard InChI is InChI=1S/C21H27N3O4S/c1-5-21(3,4)24-29(26,27)17-11-6-15(7-12-17)8-13-18-19(14(2)23-28-18)22-20(25)16-9-10-16/h6-8,11-13,16,24H,5,9-10H2,1-4H3,(H,22,25)/b13-8-. The van der Waals surface area contributed by atoms with Crippen molar-refractivity contribution < 1.29 is 17.7 Å². The van der Waals surface area contributed by atoms with Gasteiger partial charge in [-0.05, 0) is 63.8 Å². The third-order valence-electron chi connectivity index (χ3n) is 5.00. The number of nitrogens with zero attached hydrogens (tertiary/aromatic N) is 1. The zero-order valence-corrected chi connectivity index (χ0v) is 18.0. The first-order valence-electron chi connectivity index (χ1n) is 9.70. The molecule has 0 unspecified atom stereocenters. The number of carbonyl (C=O) groups is 1. The highest BCUT2D eigenvalue weighted by atomic mass is 32.2. The highest BCUT2D eigenvalue weighted by molar-refractivity contribution is 7.89. The average Bonchev–Trinajstić information content (AvgIpc) is 3.46. The zero-order valence-electron chi connectivity index (χ0n) is 17.2. The molecule has 156 valence electrons. The Bertz CT molecular complexity index is 1020. The molecule has 0 radical (unpaired) electrons. The van der Waals surface area contributed by atoms with E-state index in [-0.39, 0.29) is 16.7 Å². The Hall–Kier alpha value is -2.45. The van der Waals surface area contributed by atoms with E-state index < -0.39 is 15.6 Å². The number of hydrogen-bond donors (Lipinski definition) is 2. The Morgan fingerprint density at radius 1 is 1.24 bits per heavy atom. The van der Waals surface area contributed by atoms with Gasteiger partial charge in [0.15, 0.2) is 5.76 Å². The van der Waals surface area contributed by atoms with Crippen LogP contribution in [0.4, 0.5) is 5.69 Å². The number of rotatable bonds is 8. The molecule has 29 heavy (non-hydrogen) atoms. The van der Waals surface area contributed by atoms with Crippen LogP contribution in [-0.4, -0.2) is 25.0 Å². The van der Waals surface area contributed by atoms with E-state index in [9.17, 15) is 13.2 Å². The van der Waals surface area contributed by atoms with Crippen molar-refractivity contribution >= 4 is 33.8 Å². The number of amides is 1. The minimum absolute atomic E-state index is 0.0111. The van der Waals surface area contributed by atoms with E-state index in [2.05, 4.69) is 15.2 Å². The molecule has 7 nitrogen and oxygen atoms in total. The van der Waals surface area contributed by atoms with E-state index in [0.29, 0.717) is 23.6 Å². The molecule has 1 amide bonds. The average molecular weight is 418 g/mol. The Labute approximate surface area is 171 Å². The summed E-state index contributed by atoms with van der Waals surface area (Å²) in [6.07, 6.45) is 6.02. The minimum atomic E-state index is -3.58. The van der Waals surface area contributed by atoms with Crippen LogP contribution in [0.25, 0.3) is 12.2 Å². The summed E-state index contributed by atoms with van der Waals surface area (Å²) in [6, 6.07) is 6.57. The summed E-state index contributed by atoms with van der Waals surface area (Å²) in [7, 11) is -3.58. The van der Waals surface area contributed by atoms with Crippen LogP contribution in [0.15, 0.2) is 33.7 Å². The van der Waals surface area contributed by atoms with Gasteiger partial charge in [-0.25, -0.2) is 13.1 Å². The zero-order chi connectivity index (χ0) is 21.2. The lowest BCUT2D eigenvalue weighted by Gasteiger charge is -2.24. The lowest BCUT2D eigenvalue weighted by molar-refractivity contribution is -0.117. The number of carbonyl (C=O) groups excluding carboxylic acids is 1. The van der Waals surface area contributed by atoms with Crippen molar-refractivity contribution in [1.29, 1.82) is 0 Å². The van der Waals surface area contributed by atoms with Crippen LogP contribution < -0.4 is 10.0 Å². The molecule has 0 spiro atoms. The van der Waals surface area contributed by atoms with E-state index in [4.69, 9.17) is 4.52 Å². The largest absolute Gasteiger partial charge is 0.354 e. The molecule has 1 aromatic heterocycles. The summed E-state index contributed by atoms with van der Waals surface area (Å²) in [5, 5.41) is 6.80. The van der Waals surface area contributed by atoms with Crippen LogP contribution in [0.5, 0.6) is 0 Å². The molecule has 0 bridgehead atoms. The fraction of sp³-hybridized carbons (Fsp3) is 0.429. The summed E-state index contributed by atoms with van der Waals surface area (Å²) in [5.41, 5.74) is 1.48. The summed E-state index contributed by atoms with van der Waals surface area (Å²) in [6.45, 7) is 7.40. The quantitative estimate of drug-likeness (QED) is 0.677. The summed E-state index contributed by atoms with van der Waals surface area (Å²) >= 11 is 0. The lowest BCUT2D eigenvalue weighted by atomic mass is 10.0. The number of sulfonamides is 1. The molecule has 8 heteroatoms. The number of aromatic nitrogens is 1. The van der Waals surface area contributed by atoms with Crippen LogP contribution in [0.1, 0.15) is 57.1 Å². The van der Waals surface area contributed by atoms with Gasteiger partial charge in [0.2, 0.25) is 15.9 Å².